The van der Waals surface area contributed by atoms with Crippen molar-refractivity contribution in [3.05, 3.63) is 54.1 Å². The lowest BCUT2D eigenvalue weighted by molar-refractivity contribution is -0.133. The predicted molar refractivity (Wildman–Crippen MR) is 96.4 cm³/mol. The molecule has 0 fully saturated rings. The molecule has 0 atom stereocenters. The van der Waals surface area contributed by atoms with Crippen LogP contribution in [-0.2, 0) is 4.79 Å². The Labute approximate surface area is 153 Å². The third-order valence-corrected chi connectivity index (χ3v) is 4.47. The van der Waals surface area contributed by atoms with Crippen molar-refractivity contribution in [2.75, 3.05) is 12.9 Å². The fourth-order valence-electron chi connectivity index (χ4n) is 2.40. The highest BCUT2D eigenvalue weighted by Gasteiger charge is 2.19. The number of thioether (sulfide) groups is 1. The van der Waals surface area contributed by atoms with Gasteiger partial charge in [0.2, 0.25) is 0 Å². The van der Waals surface area contributed by atoms with Crippen LogP contribution in [0, 0.1) is 11.3 Å². The van der Waals surface area contributed by atoms with Crippen LogP contribution in [0.5, 0.6) is 5.75 Å². The first-order valence-corrected chi connectivity index (χ1v) is 8.56. The van der Waals surface area contributed by atoms with Gasteiger partial charge >= 0.3 is 5.97 Å². The minimum absolute atomic E-state index is 0.138. The average molecular weight is 366 g/mol. The van der Waals surface area contributed by atoms with Gasteiger partial charge in [0.25, 0.3) is 0 Å². The molecule has 0 saturated carbocycles. The van der Waals surface area contributed by atoms with E-state index in [2.05, 4.69) is 16.3 Å². The predicted octanol–water partition coefficient (Wildman–Crippen LogP) is 2.99. The molecule has 0 aliphatic rings. The minimum atomic E-state index is -0.940. The average Bonchev–Trinajstić information content (AvgIpc) is 3.10. The van der Waals surface area contributed by atoms with E-state index in [0.717, 1.165) is 17.3 Å². The van der Waals surface area contributed by atoms with Gasteiger partial charge in [0.05, 0.1) is 30.2 Å². The number of ether oxygens (including phenoxy) is 1. The zero-order chi connectivity index (χ0) is 18.5. The molecule has 1 heterocycles. The third-order valence-electron chi connectivity index (χ3n) is 3.56. The zero-order valence-corrected chi connectivity index (χ0v) is 14.6. The Morgan fingerprint density at radius 3 is 2.62 bits per heavy atom. The Hall–Kier alpha value is -3.31. The smallest absolute Gasteiger partial charge is 0.313 e. The van der Waals surface area contributed by atoms with Crippen LogP contribution in [0.25, 0.3) is 17.1 Å². The molecule has 26 heavy (non-hydrogen) atoms. The van der Waals surface area contributed by atoms with E-state index in [-0.39, 0.29) is 5.75 Å². The summed E-state index contributed by atoms with van der Waals surface area (Å²) in [5.74, 6) is 0.0662. The van der Waals surface area contributed by atoms with Gasteiger partial charge in [-0.25, -0.2) is 0 Å². The normalized spacial score (nSPS) is 10.3. The second-order valence-electron chi connectivity index (χ2n) is 5.19. The number of hydrogen-bond acceptors (Lipinski definition) is 6. The van der Waals surface area contributed by atoms with Gasteiger partial charge in [-0.1, -0.05) is 23.9 Å². The van der Waals surface area contributed by atoms with Crippen LogP contribution in [0.15, 0.2) is 53.7 Å². The van der Waals surface area contributed by atoms with Gasteiger partial charge in [0, 0.05) is 5.56 Å². The van der Waals surface area contributed by atoms with Crippen molar-refractivity contribution in [1.29, 1.82) is 5.26 Å². The number of para-hydroxylation sites is 2. The number of nitrogens with zero attached hydrogens (tertiary/aromatic N) is 4. The van der Waals surface area contributed by atoms with Crippen molar-refractivity contribution in [2.24, 2.45) is 0 Å². The summed E-state index contributed by atoms with van der Waals surface area (Å²) >= 11 is 1.07. The molecule has 0 radical (unpaired) electrons. The monoisotopic (exact) mass is 366 g/mol. The van der Waals surface area contributed by atoms with Crippen molar-refractivity contribution in [3.63, 3.8) is 0 Å². The van der Waals surface area contributed by atoms with E-state index in [1.807, 2.05) is 24.3 Å². The van der Waals surface area contributed by atoms with E-state index in [9.17, 15) is 4.79 Å². The van der Waals surface area contributed by atoms with Gasteiger partial charge in [-0.3, -0.25) is 9.36 Å². The van der Waals surface area contributed by atoms with E-state index in [1.54, 1.807) is 35.9 Å². The summed E-state index contributed by atoms with van der Waals surface area (Å²) in [6.07, 6.45) is 0. The van der Waals surface area contributed by atoms with E-state index >= 15 is 0 Å². The first-order valence-electron chi connectivity index (χ1n) is 7.58. The maximum atomic E-state index is 11.0. The second-order valence-corrected chi connectivity index (χ2v) is 6.13. The maximum absolute atomic E-state index is 11.0. The Balaban J connectivity index is 2.15. The van der Waals surface area contributed by atoms with Crippen molar-refractivity contribution in [1.82, 2.24) is 14.8 Å². The third kappa shape index (κ3) is 3.53. The molecule has 7 nitrogen and oxygen atoms in total. The summed E-state index contributed by atoms with van der Waals surface area (Å²) < 4.78 is 7.19. The van der Waals surface area contributed by atoms with Gasteiger partial charge < -0.3 is 9.84 Å². The maximum Gasteiger partial charge on any atom is 0.313 e. The van der Waals surface area contributed by atoms with Gasteiger partial charge in [0.15, 0.2) is 11.0 Å². The van der Waals surface area contributed by atoms with Crippen LogP contribution in [0.2, 0.25) is 0 Å². The summed E-state index contributed by atoms with van der Waals surface area (Å²) in [5, 5.41) is 26.8. The molecule has 3 aromatic rings. The number of carbonyl (C=O) groups is 1. The van der Waals surface area contributed by atoms with Crippen LogP contribution < -0.4 is 4.74 Å². The van der Waals surface area contributed by atoms with E-state index in [1.165, 1.54) is 0 Å². The molecule has 1 aromatic heterocycles. The molecular weight excluding hydrogens is 352 g/mol. The highest BCUT2D eigenvalue weighted by molar-refractivity contribution is 7.99. The molecule has 0 spiro atoms. The number of carboxylic acid groups (broad SMARTS) is 1. The first-order chi connectivity index (χ1) is 12.6. The van der Waals surface area contributed by atoms with E-state index < -0.39 is 5.97 Å². The Bertz CT molecular complexity index is 977. The molecular formula is C18H14N4O3S. The lowest BCUT2D eigenvalue weighted by Gasteiger charge is -2.13. The van der Waals surface area contributed by atoms with Crippen LogP contribution in [0.3, 0.4) is 0 Å². The fraction of sp³-hybridized carbons (Fsp3) is 0.111. The van der Waals surface area contributed by atoms with Crippen LogP contribution in [0.4, 0.5) is 0 Å². The summed E-state index contributed by atoms with van der Waals surface area (Å²) in [4.78, 5) is 11.0. The molecule has 0 unspecified atom stereocenters. The first kappa shape index (κ1) is 17.5. The Kier molecular flexibility index (Phi) is 5.20. The molecule has 130 valence electrons. The van der Waals surface area contributed by atoms with E-state index in [0.29, 0.717) is 28.0 Å². The summed E-state index contributed by atoms with van der Waals surface area (Å²) in [6, 6.07) is 16.4. The minimum Gasteiger partial charge on any atom is -0.495 e. The molecule has 8 heteroatoms. The second kappa shape index (κ2) is 7.72. The summed E-state index contributed by atoms with van der Waals surface area (Å²) in [5.41, 5.74) is 1.99. The lowest BCUT2D eigenvalue weighted by Crippen LogP contribution is -2.04. The number of aliphatic carboxylic acids is 1. The molecule has 2 aromatic carbocycles. The number of methoxy groups -OCH3 is 1. The number of benzene rings is 2. The van der Waals surface area contributed by atoms with Crippen molar-refractivity contribution in [3.8, 4) is 28.9 Å². The topological polar surface area (TPSA) is 101 Å². The van der Waals surface area contributed by atoms with Crippen molar-refractivity contribution < 1.29 is 14.6 Å². The number of carboxylic acids is 1. The molecule has 0 aliphatic heterocycles. The van der Waals surface area contributed by atoms with Crippen LogP contribution >= 0.6 is 11.8 Å². The lowest BCUT2D eigenvalue weighted by atomic mass is 10.1. The fourth-order valence-corrected chi connectivity index (χ4v) is 3.07. The zero-order valence-electron chi connectivity index (χ0n) is 13.8. The van der Waals surface area contributed by atoms with Gasteiger partial charge in [-0.15, -0.1) is 10.2 Å². The van der Waals surface area contributed by atoms with Gasteiger partial charge in [-0.2, -0.15) is 5.26 Å². The molecule has 1 N–H and O–H groups in total. The molecule has 0 bridgehead atoms. The number of nitriles is 1. The number of rotatable bonds is 6. The van der Waals surface area contributed by atoms with Crippen LogP contribution in [0.1, 0.15) is 5.56 Å². The van der Waals surface area contributed by atoms with Gasteiger partial charge in [0.1, 0.15) is 5.75 Å². The molecule has 0 aliphatic carbocycles. The standard InChI is InChI=1S/C18H14N4O3S/c1-25-15-5-3-2-4-14(15)22-17(13-8-6-12(10-19)7-9-13)20-21-18(22)26-11-16(23)24/h2-9H,11H2,1H3,(H,23,24). The summed E-state index contributed by atoms with van der Waals surface area (Å²) in [7, 11) is 1.56. The Morgan fingerprint density at radius 2 is 1.96 bits per heavy atom. The molecule has 0 saturated heterocycles. The highest BCUT2D eigenvalue weighted by atomic mass is 32.2. The van der Waals surface area contributed by atoms with E-state index in [4.69, 9.17) is 15.1 Å². The molecule has 3 rings (SSSR count). The quantitative estimate of drug-likeness (QED) is 0.669. The van der Waals surface area contributed by atoms with Crippen LogP contribution in [-0.4, -0.2) is 38.7 Å². The van der Waals surface area contributed by atoms with Crippen molar-refractivity contribution in [2.45, 2.75) is 5.16 Å². The highest BCUT2D eigenvalue weighted by Crippen LogP contribution is 2.32. The number of hydrogen-bond donors (Lipinski definition) is 1. The largest absolute Gasteiger partial charge is 0.495 e. The van der Waals surface area contributed by atoms with Crippen molar-refractivity contribution >= 4 is 17.7 Å². The Morgan fingerprint density at radius 1 is 1.23 bits per heavy atom. The molecule has 0 amide bonds. The summed E-state index contributed by atoms with van der Waals surface area (Å²) in [6.45, 7) is 0. The SMILES string of the molecule is COc1ccccc1-n1c(SCC(=O)O)nnc1-c1ccc(C#N)cc1. The number of aromatic nitrogens is 3. The van der Waals surface area contributed by atoms with Gasteiger partial charge in [-0.05, 0) is 36.4 Å².